The quantitative estimate of drug-likeness (QED) is 0.594. The summed E-state index contributed by atoms with van der Waals surface area (Å²) in [4.78, 5) is 27.9. The van der Waals surface area contributed by atoms with E-state index in [2.05, 4.69) is 0 Å². The van der Waals surface area contributed by atoms with Gasteiger partial charge in [-0.2, -0.15) is 0 Å². The number of nitrogens with zero attached hydrogens (tertiary/aromatic N) is 1. The van der Waals surface area contributed by atoms with Gasteiger partial charge in [-0.05, 0) is 49.4 Å². The van der Waals surface area contributed by atoms with Crippen LogP contribution in [0.3, 0.4) is 0 Å². The Bertz CT molecular complexity index is 836. The van der Waals surface area contributed by atoms with Gasteiger partial charge in [0.2, 0.25) is 0 Å². The molecule has 0 radical (unpaired) electrons. The van der Waals surface area contributed by atoms with Gasteiger partial charge in [-0.25, -0.2) is 4.79 Å². The number of methoxy groups -OCH3 is 1. The number of carbonyl (C=O) groups excluding carboxylic acids is 2. The van der Waals surface area contributed by atoms with Gasteiger partial charge in [0.05, 0.1) is 7.11 Å². The summed E-state index contributed by atoms with van der Waals surface area (Å²) in [6.45, 7) is 2.20. The number of hydrogen-bond acceptors (Lipinski definition) is 5. The number of thioether (sulfide) groups is 1. The van der Waals surface area contributed by atoms with E-state index in [9.17, 15) is 9.59 Å². The fourth-order valence-electron chi connectivity index (χ4n) is 3.03. The van der Waals surface area contributed by atoms with E-state index < -0.39 is 12.1 Å². The highest BCUT2D eigenvalue weighted by Gasteiger charge is 2.30. The highest BCUT2D eigenvalue weighted by atomic mass is 32.2. The summed E-state index contributed by atoms with van der Waals surface area (Å²) in [5.74, 6) is -0.348. The first-order chi connectivity index (χ1) is 12.5. The molecule has 1 heterocycles. The first kappa shape index (κ1) is 18.3. The summed E-state index contributed by atoms with van der Waals surface area (Å²) in [5, 5.41) is 0. The van der Waals surface area contributed by atoms with Crippen LogP contribution in [-0.4, -0.2) is 37.9 Å². The molecule has 1 aliphatic heterocycles. The summed E-state index contributed by atoms with van der Waals surface area (Å²) < 4.78 is 10.7. The van der Waals surface area contributed by atoms with Gasteiger partial charge >= 0.3 is 5.97 Å². The Balaban J connectivity index is 1.73. The average Bonchev–Trinajstić information content (AvgIpc) is 3.10. The van der Waals surface area contributed by atoms with Crippen LogP contribution in [0.15, 0.2) is 47.4 Å². The van der Waals surface area contributed by atoms with Crippen molar-refractivity contribution in [3.05, 3.63) is 53.6 Å². The largest absolute Gasteiger partial charge is 0.496 e. The maximum absolute atomic E-state index is 12.7. The Morgan fingerprint density at radius 2 is 1.96 bits per heavy atom. The number of carbonyl (C=O) groups is 2. The summed E-state index contributed by atoms with van der Waals surface area (Å²) in [6, 6.07) is 13.1. The van der Waals surface area contributed by atoms with Crippen LogP contribution in [0.1, 0.15) is 22.8 Å². The van der Waals surface area contributed by atoms with Gasteiger partial charge in [0.15, 0.2) is 6.10 Å². The van der Waals surface area contributed by atoms with Crippen molar-refractivity contribution in [3.63, 3.8) is 0 Å². The smallest absolute Gasteiger partial charge is 0.342 e. The van der Waals surface area contributed by atoms with Crippen molar-refractivity contribution in [1.82, 2.24) is 0 Å². The summed E-state index contributed by atoms with van der Waals surface area (Å²) >= 11 is 1.55. The second kappa shape index (κ2) is 7.83. The molecule has 2 aromatic carbocycles. The van der Waals surface area contributed by atoms with E-state index in [1.54, 1.807) is 35.7 Å². The maximum atomic E-state index is 12.7. The Hall–Kier alpha value is -2.47. The zero-order valence-corrected chi connectivity index (χ0v) is 15.8. The highest BCUT2D eigenvalue weighted by Crippen LogP contribution is 2.29. The second-order valence-corrected chi connectivity index (χ2v) is 6.86. The van der Waals surface area contributed by atoms with Gasteiger partial charge in [0, 0.05) is 17.1 Å². The molecule has 0 fully saturated rings. The molecule has 0 aromatic heterocycles. The van der Waals surface area contributed by atoms with E-state index in [0.717, 1.165) is 22.6 Å². The zero-order valence-electron chi connectivity index (χ0n) is 15.0. The molecular weight excluding hydrogens is 350 g/mol. The highest BCUT2D eigenvalue weighted by molar-refractivity contribution is 7.98. The predicted molar refractivity (Wildman–Crippen MR) is 102 cm³/mol. The van der Waals surface area contributed by atoms with Crippen LogP contribution in [-0.2, 0) is 16.0 Å². The number of rotatable bonds is 5. The maximum Gasteiger partial charge on any atom is 0.342 e. The topological polar surface area (TPSA) is 55.8 Å². The van der Waals surface area contributed by atoms with Crippen LogP contribution in [0, 0.1) is 0 Å². The molecule has 0 unspecified atom stereocenters. The number of para-hydroxylation sites is 1. The molecule has 1 amide bonds. The minimum absolute atomic E-state index is 0.219. The molecule has 0 N–H and O–H groups in total. The molecular formula is C20H21NO4S. The van der Waals surface area contributed by atoms with Gasteiger partial charge in [-0.1, -0.05) is 18.2 Å². The minimum Gasteiger partial charge on any atom is -0.496 e. The fourth-order valence-corrected chi connectivity index (χ4v) is 3.46. The van der Waals surface area contributed by atoms with E-state index in [1.165, 1.54) is 7.11 Å². The third-order valence-corrected chi connectivity index (χ3v) is 5.14. The number of amides is 1. The third-order valence-electron chi connectivity index (χ3n) is 4.41. The van der Waals surface area contributed by atoms with Crippen LogP contribution >= 0.6 is 11.8 Å². The van der Waals surface area contributed by atoms with Crippen LogP contribution in [0.4, 0.5) is 5.69 Å². The van der Waals surface area contributed by atoms with E-state index in [1.807, 2.05) is 36.6 Å². The minimum atomic E-state index is -0.876. The van der Waals surface area contributed by atoms with Crippen molar-refractivity contribution >= 4 is 29.3 Å². The van der Waals surface area contributed by atoms with E-state index in [-0.39, 0.29) is 5.91 Å². The van der Waals surface area contributed by atoms with Crippen molar-refractivity contribution in [1.29, 1.82) is 0 Å². The molecule has 5 nitrogen and oxygen atoms in total. The lowest BCUT2D eigenvalue weighted by molar-refractivity contribution is -0.126. The van der Waals surface area contributed by atoms with Gasteiger partial charge < -0.3 is 14.4 Å². The van der Waals surface area contributed by atoms with E-state index in [0.29, 0.717) is 17.9 Å². The molecule has 6 heteroatoms. The van der Waals surface area contributed by atoms with Gasteiger partial charge in [-0.3, -0.25) is 4.79 Å². The molecule has 0 saturated heterocycles. The average molecular weight is 371 g/mol. The zero-order chi connectivity index (χ0) is 18.7. The Kier molecular flexibility index (Phi) is 5.52. The van der Waals surface area contributed by atoms with Crippen molar-refractivity contribution in [3.8, 4) is 5.75 Å². The van der Waals surface area contributed by atoms with E-state index >= 15 is 0 Å². The first-order valence-electron chi connectivity index (χ1n) is 8.37. The molecule has 0 aliphatic carbocycles. The van der Waals surface area contributed by atoms with Gasteiger partial charge in [0.1, 0.15) is 11.3 Å². The Labute approximate surface area is 157 Å². The molecule has 0 saturated carbocycles. The number of benzene rings is 2. The molecule has 1 atom stereocenters. The molecule has 3 rings (SSSR count). The summed E-state index contributed by atoms with van der Waals surface area (Å²) in [6.07, 6.45) is 1.88. The van der Waals surface area contributed by atoms with Crippen LogP contribution in [0.5, 0.6) is 5.75 Å². The Morgan fingerprint density at radius 3 is 2.69 bits per heavy atom. The Morgan fingerprint density at radius 1 is 1.19 bits per heavy atom. The van der Waals surface area contributed by atoms with Crippen molar-refractivity contribution in [2.45, 2.75) is 24.3 Å². The molecule has 1 aliphatic rings. The monoisotopic (exact) mass is 371 g/mol. The number of fused-ring (bicyclic) bond motifs is 1. The van der Waals surface area contributed by atoms with Gasteiger partial charge in [-0.15, -0.1) is 11.8 Å². The molecule has 0 spiro atoms. The number of ether oxygens (including phenoxy) is 2. The standard InChI is InChI=1S/C20H21NO4S/c1-13(19(22)21-11-10-14-6-4-5-7-17(14)21)25-20(23)16-9-8-15(26-3)12-18(16)24-2/h4-9,12-13H,10-11H2,1-3H3/t13-/m1/s1. The molecule has 2 aromatic rings. The molecule has 0 bridgehead atoms. The van der Waals surface area contributed by atoms with Crippen molar-refractivity contribution in [2.75, 3.05) is 24.8 Å². The second-order valence-electron chi connectivity index (χ2n) is 5.98. The SMILES string of the molecule is COc1cc(SC)ccc1C(=O)O[C@H](C)C(=O)N1CCc2ccccc21. The lowest BCUT2D eigenvalue weighted by Crippen LogP contribution is -2.39. The van der Waals surface area contributed by atoms with E-state index in [4.69, 9.17) is 9.47 Å². The molecule has 26 heavy (non-hydrogen) atoms. The fraction of sp³-hybridized carbons (Fsp3) is 0.300. The summed E-state index contributed by atoms with van der Waals surface area (Å²) in [5.41, 5.74) is 2.34. The predicted octanol–water partition coefficient (Wildman–Crippen LogP) is 3.55. The van der Waals surface area contributed by atoms with Crippen LogP contribution < -0.4 is 9.64 Å². The third kappa shape index (κ3) is 3.55. The van der Waals surface area contributed by atoms with Gasteiger partial charge in [0.25, 0.3) is 5.91 Å². The summed E-state index contributed by atoms with van der Waals surface area (Å²) in [7, 11) is 1.51. The van der Waals surface area contributed by atoms with Crippen LogP contribution in [0.25, 0.3) is 0 Å². The number of anilines is 1. The normalized spacial score (nSPS) is 13.9. The number of hydrogen-bond donors (Lipinski definition) is 0. The first-order valence-corrected chi connectivity index (χ1v) is 9.60. The van der Waals surface area contributed by atoms with Crippen molar-refractivity contribution in [2.24, 2.45) is 0 Å². The number of esters is 1. The lowest BCUT2D eigenvalue weighted by Gasteiger charge is -2.22. The van der Waals surface area contributed by atoms with Crippen molar-refractivity contribution < 1.29 is 19.1 Å². The van der Waals surface area contributed by atoms with Crippen LogP contribution in [0.2, 0.25) is 0 Å². The molecule has 136 valence electrons. The lowest BCUT2D eigenvalue weighted by atomic mass is 10.2.